The summed E-state index contributed by atoms with van der Waals surface area (Å²) in [5.41, 5.74) is 6.77. The molecule has 0 aliphatic heterocycles. The van der Waals surface area contributed by atoms with E-state index in [-0.39, 0.29) is 11.4 Å². The van der Waals surface area contributed by atoms with Gasteiger partial charge in [-0.05, 0) is 13.8 Å². The predicted octanol–water partition coefficient (Wildman–Crippen LogP) is 2.64. The monoisotopic (exact) mass is 265 g/mol. The third kappa shape index (κ3) is 2.78. The van der Waals surface area contributed by atoms with E-state index in [9.17, 15) is 4.39 Å². The van der Waals surface area contributed by atoms with E-state index >= 15 is 0 Å². The minimum atomic E-state index is -0.507. The van der Waals surface area contributed by atoms with Crippen LogP contribution in [0.15, 0.2) is 18.2 Å². The number of ether oxygens (including phenoxy) is 2. The fourth-order valence-electron chi connectivity index (χ4n) is 1.70. The van der Waals surface area contributed by atoms with E-state index in [1.807, 2.05) is 6.92 Å². The topological polar surface area (TPSA) is 62.3 Å². The molecular weight excluding hydrogens is 249 g/mol. The number of aromatic nitrogens is 2. The SMILES string of the molecule is CCOc1cc(Oc2cc(C)nn2C)c(N)cc1F. The van der Waals surface area contributed by atoms with E-state index < -0.39 is 5.82 Å². The fraction of sp³-hybridized carbons (Fsp3) is 0.308. The summed E-state index contributed by atoms with van der Waals surface area (Å²) < 4.78 is 25.9. The van der Waals surface area contributed by atoms with Crippen molar-refractivity contribution in [1.82, 2.24) is 9.78 Å². The first-order valence-electron chi connectivity index (χ1n) is 5.91. The molecule has 0 radical (unpaired) electrons. The Morgan fingerprint density at radius 3 is 2.63 bits per heavy atom. The molecular formula is C13H16FN3O2. The maximum Gasteiger partial charge on any atom is 0.217 e. The second-order valence-corrected chi connectivity index (χ2v) is 4.10. The molecule has 6 heteroatoms. The number of rotatable bonds is 4. The molecule has 1 aromatic heterocycles. The van der Waals surface area contributed by atoms with Crippen LogP contribution in [0.25, 0.3) is 0 Å². The number of anilines is 1. The van der Waals surface area contributed by atoms with Gasteiger partial charge >= 0.3 is 0 Å². The zero-order valence-electron chi connectivity index (χ0n) is 11.1. The van der Waals surface area contributed by atoms with Gasteiger partial charge in [0.05, 0.1) is 18.0 Å². The molecule has 2 aromatic rings. The summed E-state index contributed by atoms with van der Waals surface area (Å²) in [4.78, 5) is 0. The lowest BCUT2D eigenvalue weighted by molar-refractivity contribution is 0.319. The molecule has 2 rings (SSSR count). The standard InChI is InChI=1S/C13H16FN3O2/c1-4-18-11-7-12(10(15)6-9(11)14)19-13-5-8(2)16-17(13)3/h5-7H,4,15H2,1-3H3. The van der Waals surface area contributed by atoms with E-state index in [0.29, 0.717) is 18.2 Å². The number of hydrogen-bond acceptors (Lipinski definition) is 4. The van der Waals surface area contributed by atoms with Crippen LogP contribution < -0.4 is 15.2 Å². The van der Waals surface area contributed by atoms with Gasteiger partial charge in [0.1, 0.15) is 0 Å². The molecule has 102 valence electrons. The van der Waals surface area contributed by atoms with Gasteiger partial charge in [-0.3, -0.25) is 0 Å². The molecule has 0 atom stereocenters. The summed E-state index contributed by atoms with van der Waals surface area (Å²) in [7, 11) is 1.76. The molecule has 0 spiro atoms. The van der Waals surface area contributed by atoms with Crippen molar-refractivity contribution in [3.8, 4) is 17.4 Å². The molecule has 1 heterocycles. The highest BCUT2D eigenvalue weighted by Crippen LogP contribution is 2.33. The highest BCUT2D eigenvalue weighted by Gasteiger charge is 2.12. The molecule has 0 amide bonds. The van der Waals surface area contributed by atoms with Gasteiger partial charge in [-0.25, -0.2) is 9.07 Å². The summed E-state index contributed by atoms with van der Waals surface area (Å²) in [6, 6.07) is 4.39. The first kappa shape index (κ1) is 13.2. The van der Waals surface area contributed by atoms with E-state index in [2.05, 4.69) is 5.10 Å². The smallest absolute Gasteiger partial charge is 0.217 e. The number of halogens is 1. The second kappa shape index (κ2) is 5.17. The Morgan fingerprint density at radius 2 is 2.05 bits per heavy atom. The van der Waals surface area contributed by atoms with Gasteiger partial charge in [-0.1, -0.05) is 0 Å². The number of aryl methyl sites for hydroxylation is 2. The molecule has 0 saturated heterocycles. The van der Waals surface area contributed by atoms with Gasteiger partial charge in [0.15, 0.2) is 17.3 Å². The van der Waals surface area contributed by atoms with Crippen LogP contribution >= 0.6 is 0 Å². The minimum Gasteiger partial charge on any atom is -0.491 e. The zero-order valence-corrected chi connectivity index (χ0v) is 11.1. The van der Waals surface area contributed by atoms with Gasteiger partial charge < -0.3 is 15.2 Å². The Labute approximate surface area is 110 Å². The highest BCUT2D eigenvalue weighted by atomic mass is 19.1. The molecule has 19 heavy (non-hydrogen) atoms. The van der Waals surface area contributed by atoms with Gasteiger partial charge in [0.25, 0.3) is 0 Å². The van der Waals surface area contributed by atoms with Crippen LogP contribution in [0.2, 0.25) is 0 Å². The average Bonchev–Trinajstić information content (AvgIpc) is 2.64. The number of nitrogen functional groups attached to an aromatic ring is 1. The van der Waals surface area contributed by atoms with E-state index in [0.717, 1.165) is 5.69 Å². The molecule has 0 aliphatic rings. The molecule has 5 nitrogen and oxygen atoms in total. The number of hydrogen-bond donors (Lipinski definition) is 1. The Kier molecular flexibility index (Phi) is 3.59. The Bertz CT molecular complexity index is 596. The lowest BCUT2D eigenvalue weighted by Crippen LogP contribution is -2.01. The van der Waals surface area contributed by atoms with Crippen molar-refractivity contribution in [1.29, 1.82) is 0 Å². The van der Waals surface area contributed by atoms with Crippen LogP contribution in [0.5, 0.6) is 17.4 Å². The minimum absolute atomic E-state index is 0.116. The number of nitrogens with zero attached hydrogens (tertiary/aromatic N) is 2. The summed E-state index contributed by atoms with van der Waals surface area (Å²) in [6.45, 7) is 4.00. The summed E-state index contributed by atoms with van der Waals surface area (Å²) in [6.07, 6.45) is 0. The summed E-state index contributed by atoms with van der Waals surface area (Å²) >= 11 is 0. The Hall–Kier alpha value is -2.24. The maximum atomic E-state index is 13.6. The van der Waals surface area contributed by atoms with Gasteiger partial charge in [-0.2, -0.15) is 5.10 Å². The van der Waals surface area contributed by atoms with Crippen molar-refractivity contribution in [2.45, 2.75) is 13.8 Å². The fourth-order valence-corrected chi connectivity index (χ4v) is 1.70. The van der Waals surface area contributed by atoms with Gasteiger partial charge in [-0.15, -0.1) is 0 Å². The lowest BCUT2D eigenvalue weighted by Gasteiger charge is -2.11. The maximum absolute atomic E-state index is 13.6. The Balaban J connectivity index is 2.34. The van der Waals surface area contributed by atoms with E-state index in [1.165, 1.54) is 12.1 Å². The normalized spacial score (nSPS) is 10.5. The van der Waals surface area contributed by atoms with Gasteiger partial charge in [0.2, 0.25) is 5.88 Å². The van der Waals surface area contributed by atoms with E-state index in [1.54, 1.807) is 24.7 Å². The van der Waals surface area contributed by atoms with Crippen molar-refractivity contribution in [3.63, 3.8) is 0 Å². The zero-order chi connectivity index (χ0) is 14.0. The van der Waals surface area contributed by atoms with Crippen LogP contribution in [-0.2, 0) is 7.05 Å². The molecule has 2 N–H and O–H groups in total. The molecule has 0 unspecified atom stereocenters. The van der Waals surface area contributed by atoms with Crippen LogP contribution in [0.1, 0.15) is 12.6 Å². The van der Waals surface area contributed by atoms with Crippen molar-refractivity contribution < 1.29 is 13.9 Å². The lowest BCUT2D eigenvalue weighted by atomic mass is 10.2. The quantitative estimate of drug-likeness (QED) is 0.863. The first-order chi connectivity index (χ1) is 9.01. The summed E-state index contributed by atoms with van der Waals surface area (Å²) in [5.74, 6) is 0.476. The highest BCUT2D eigenvalue weighted by molar-refractivity contribution is 5.57. The first-order valence-corrected chi connectivity index (χ1v) is 5.91. The van der Waals surface area contributed by atoms with Crippen molar-refractivity contribution in [2.75, 3.05) is 12.3 Å². The van der Waals surface area contributed by atoms with Crippen LogP contribution in [0.4, 0.5) is 10.1 Å². The third-order valence-electron chi connectivity index (χ3n) is 2.54. The number of nitrogens with two attached hydrogens (primary N) is 1. The molecule has 0 aliphatic carbocycles. The van der Waals surface area contributed by atoms with Crippen LogP contribution in [-0.4, -0.2) is 16.4 Å². The molecule has 1 aromatic carbocycles. The van der Waals surface area contributed by atoms with Gasteiger partial charge in [0, 0.05) is 25.2 Å². The predicted molar refractivity (Wildman–Crippen MR) is 70.0 cm³/mol. The van der Waals surface area contributed by atoms with E-state index in [4.69, 9.17) is 15.2 Å². The third-order valence-corrected chi connectivity index (χ3v) is 2.54. The van der Waals surface area contributed by atoms with Crippen LogP contribution in [0.3, 0.4) is 0 Å². The molecule has 0 saturated carbocycles. The number of benzene rings is 1. The molecule has 0 bridgehead atoms. The van der Waals surface area contributed by atoms with Crippen molar-refractivity contribution >= 4 is 5.69 Å². The second-order valence-electron chi connectivity index (χ2n) is 4.10. The van der Waals surface area contributed by atoms with Crippen LogP contribution in [0, 0.1) is 12.7 Å². The summed E-state index contributed by atoms with van der Waals surface area (Å²) in [5, 5.41) is 4.16. The molecule has 0 fully saturated rings. The van der Waals surface area contributed by atoms with Crippen molar-refractivity contribution in [3.05, 3.63) is 29.7 Å². The largest absolute Gasteiger partial charge is 0.491 e. The van der Waals surface area contributed by atoms with Crippen molar-refractivity contribution in [2.24, 2.45) is 7.05 Å². The average molecular weight is 265 g/mol. The Morgan fingerprint density at radius 1 is 1.32 bits per heavy atom.